The summed E-state index contributed by atoms with van der Waals surface area (Å²) in [6.07, 6.45) is 2.66. The Morgan fingerprint density at radius 2 is 2.50 bits per heavy atom. The minimum absolute atomic E-state index is 0.268. The van der Waals surface area contributed by atoms with E-state index in [2.05, 4.69) is 6.92 Å². The van der Waals surface area contributed by atoms with Crippen molar-refractivity contribution in [2.45, 2.75) is 13.0 Å². The van der Waals surface area contributed by atoms with Crippen LogP contribution in [0.15, 0.2) is 12.3 Å². The van der Waals surface area contributed by atoms with Gasteiger partial charge in [-0.3, -0.25) is 0 Å². The summed E-state index contributed by atoms with van der Waals surface area (Å²) in [5.74, 6) is 0. The summed E-state index contributed by atoms with van der Waals surface area (Å²) in [5.41, 5.74) is 0. The Kier molecular flexibility index (Phi) is 4.36. The van der Waals surface area contributed by atoms with Crippen molar-refractivity contribution in [3.8, 4) is 0 Å². The van der Waals surface area contributed by atoms with Gasteiger partial charge in [0.25, 0.3) is 0 Å². The van der Waals surface area contributed by atoms with E-state index in [1.54, 1.807) is 6.08 Å². The van der Waals surface area contributed by atoms with E-state index in [0.717, 1.165) is 0 Å². The number of allylic oxidation sites excluding steroid dienone is 1. The van der Waals surface area contributed by atoms with E-state index in [-0.39, 0.29) is 6.61 Å². The lowest BCUT2D eigenvalue weighted by Crippen LogP contribution is -2.07. The lowest BCUT2D eigenvalue weighted by atomic mass is 10.4. The maximum absolute atomic E-state index is 8.51. The molecule has 0 aliphatic heterocycles. The highest BCUT2D eigenvalue weighted by Gasteiger charge is 1.89. The van der Waals surface area contributed by atoms with Crippen molar-refractivity contribution in [2.24, 2.45) is 0 Å². The highest BCUT2D eigenvalue weighted by atomic mass is 16.5. The third-order valence-electron chi connectivity index (χ3n) is 0.521. The molecule has 1 atom stereocenters. The predicted octanol–water partition coefficient (Wildman–Crippen LogP) is 0.732. The molecule has 0 aromatic heterocycles. The second-order valence-corrected chi connectivity index (χ2v) is 1.46. The van der Waals surface area contributed by atoms with E-state index in [0.29, 0.717) is 0 Å². The van der Waals surface area contributed by atoms with Crippen LogP contribution in [0.2, 0.25) is 0 Å². The number of ether oxygens (including phenoxy) is 1. The SMILES string of the molecule is [CH2]C(O)COC=CC. The average molecular weight is 115 g/mol. The zero-order chi connectivity index (χ0) is 6.41. The predicted molar refractivity (Wildman–Crippen MR) is 32.1 cm³/mol. The maximum atomic E-state index is 8.51. The summed E-state index contributed by atoms with van der Waals surface area (Å²) in [6.45, 7) is 5.42. The fourth-order valence-corrected chi connectivity index (χ4v) is 0.263. The molecule has 0 spiro atoms. The maximum Gasteiger partial charge on any atom is 0.113 e. The lowest BCUT2D eigenvalue weighted by Gasteiger charge is -2.00. The van der Waals surface area contributed by atoms with E-state index < -0.39 is 6.10 Å². The first-order valence-corrected chi connectivity index (χ1v) is 2.51. The van der Waals surface area contributed by atoms with E-state index in [1.165, 1.54) is 6.26 Å². The molecule has 2 nitrogen and oxygen atoms in total. The molecule has 1 N–H and O–H groups in total. The van der Waals surface area contributed by atoms with Crippen LogP contribution in [-0.2, 0) is 4.74 Å². The Bertz CT molecular complexity index is 66.9. The van der Waals surface area contributed by atoms with Crippen molar-refractivity contribution in [3.05, 3.63) is 19.3 Å². The van der Waals surface area contributed by atoms with Crippen LogP contribution in [0.3, 0.4) is 0 Å². The number of aliphatic hydroxyl groups excluding tert-OH is 1. The summed E-state index contributed by atoms with van der Waals surface area (Å²) in [6, 6.07) is 0. The summed E-state index contributed by atoms with van der Waals surface area (Å²) >= 11 is 0. The van der Waals surface area contributed by atoms with Gasteiger partial charge in [0.15, 0.2) is 0 Å². The number of aliphatic hydroxyl groups is 1. The number of hydrogen-bond acceptors (Lipinski definition) is 2. The van der Waals surface area contributed by atoms with Crippen LogP contribution in [0.4, 0.5) is 0 Å². The Morgan fingerprint density at radius 1 is 1.88 bits per heavy atom. The Hall–Kier alpha value is -0.500. The van der Waals surface area contributed by atoms with Crippen LogP contribution >= 0.6 is 0 Å². The Labute approximate surface area is 49.8 Å². The molecule has 0 aromatic rings. The van der Waals surface area contributed by atoms with Gasteiger partial charge < -0.3 is 9.84 Å². The summed E-state index contributed by atoms with van der Waals surface area (Å²) in [7, 11) is 0. The summed E-state index contributed by atoms with van der Waals surface area (Å²) < 4.78 is 4.75. The van der Waals surface area contributed by atoms with Crippen molar-refractivity contribution < 1.29 is 9.84 Å². The monoisotopic (exact) mass is 115 g/mol. The van der Waals surface area contributed by atoms with Gasteiger partial charge in [-0.25, -0.2) is 0 Å². The first-order valence-electron chi connectivity index (χ1n) is 2.51. The molecule has 0 saturated carbocycles. The molecule has 0 saturated heterocycles. The van der Waals surface area contributed by atoms with Crippen LogP contribution in [0, 0.1) is 6.92 Å². The molecule has 0 aliphatic carbocycles. The highest BCUT2D eigenvalue weighted by Crippen LogP contribution is 1.81. The van der Waals surface area contributed by atoms with E-state index in [9.17, 15) is 0 Å². The molecule has 0 aromatic carbocycles. The van der Waals surface area contributed by atoms with Gasteiger partial charge in [-0.15, -0.1) is 0 Å². The van der Waals surface area contributed by atoms with Crippen LogP contribution in [0.5, 0.6) is 0 Å². The number of rotatable bonds is 3. The van der Waals surface area contributed by atoms with Crippen molar-refractivity contribution in [1.29, 1.82) is 0 Å². The minimum Gasteiger partial charge on any atom is -0.499 e. The van der Waals surface area contributed by atoms with Gasteiger partial charge in [-0.2, -0.15) is 0 Å². The summed E-state index contributed by atoms with van der Waals surface area (Å²) in [4.78, 5) is 0. The molecular weight excluding hydrogens is 104 g/mol. The van der Waals surface area contributed by atoms with Crippen LogP contribution < -0.4 is 0 Å². The van der Waals surface area contributed by atoms with Crippen molar-refractivity contribution in [1.82, 2.24) is 0 Å². The van der Waals surface area contributed by atoms with Crippen molar-refractivity contribution >= 4 is 0 Å². The zero-order valence-electron chi connectivity index (χ0n) is 5.00. The van der Waals surface area contributed by atoms with Gasteiger partial charge in [-0.05, 0) is 13.8 Å². The number of hydrogen-bond donors (Lipinski definition) is 1. The third kappa shape index (κ3) is 5.50. The largest absolute Gasteiger partial charge is 0.499 e. The van der Waals surface area contributed by atoms with E-state index in [1.807, 2.05) is 6.92 Å². The first kappa shape index (κ1) is 7.50. The zero-order valence-corrected chi connectivity index (χ0v) is 5.00. The van der Waals surface area contributed by atoms with Gasteiger partial charge in [0.1, 0.15) is 6.61 Å². The molecule has 47 valence electrons. The molecule has 0 amide bonds. The molecule has 0 rings (SSSR count). The van der Waals surface area contributed by atoms with E-state index in [4.69, 9.17) is 9.84 Å². The van der Waals surface area contributed by atoms with Crippen LogP contribution in [-0.4, -0.2) is 17.8 Å². The normalized spacial score (nSPS) is 14.4. The lowest BCUT2D eigenvalue weighted by molar-refractivity contribution is 0.115. The molecule has 0 heterocycles. The molecule has 1 unspecified atom stereocenters. The quantitative estimate of drug-likeness (QED) is 0.549. The van der Waals surface area contributed by atoms with Gasteiger partial charge in [0.05, 0.1) is 12.4 Å². The van der Waals surface area contributed by atoms with Gasteiger partial charge in [0, 0.05) is 0 Å². The molecule has 0 aliphatic rings. The van der Waals surface area contributed by atoms with Gasteiger partial charge in [-0.1, -0.05) is 6.08 Å². The van der Waals surface area contributed by atoms with Crippen LogP contribution in [0.25, 0.3) is 0 Å². The third-order valence-corrected chi connectivity index (χ3v) is 0.521. The average Bonchev–Trinajstić information content (AvgIpc) is 1.66. The fourth-order valence-electron chi connectivity index (χ4n) is 0.263. The molecule has 2 heteroatoms. The van der Waals surface area contributed by atoms with E-state index >= 15 is 0 Å². The standard InChI is InChI=1S/C6H11O2/c1-3-4-8-5-6(2)7/h3-4,6-7H,2,5H2,1H3. The Morgan fingerprint density at radius 3 is 2.88 bits per heavy atom. The minimum atomic E-state index is -0.619. The first-order chi connectivity index (χ1) is 3.77. The topological polar surface area (TPSA) is 29.5 Å². The molecule has 1 radical (unpaired) electrons. The molecule has 0 bridgehead atoms. The molecule has 8 heavy (non-hydrogen) atoms. The van der Waals surface area contributed by atoms with Crippen molar-refractivity contribution in [2.75, 3.05) is 6.61 Å². The smallest absolute Gasteiger partial charge is 0.113 e. The molecular formula is C6H11O2. The van der Waals surface area contributed by atoms with Gasteiger partial charge >= 0.3 is 0 Å². The Balaban J connectivity index is 2.93. The van der Waals surface area contributed by atoms with Crippen molar-refractivity contribution in [3.63, 3.8) is 0 Å². The second-order valence-electron chi connectivity index (χ2n) is 1.46. The fraction of sp³-hybridized carbons (Fsp3) is 0.500. The molecule has 0 fully saturated rings. The second kappa shape index (κ2) is 4.65. The summed E-state index contributed by atoms with van der Waals surface area (Å²) in [5, 5.41) is 8.51. The van der Waals surface area contributed by atoms with Crippen LogP contribution in [0.1, 0.15) is 6.92 Å². The van der Waals surface area contributed by atoms with Gasteiger partial charge in [0.2, 0.25) is 0 Å². The highest BCUT2D eigenvalue weighted by molar-refractivity contribution is 4.66.